The summed E-state index contributed by atoms with van der Waals surface area (Å²) in [7, 11) is 1.21. The van der Waals surface area contributed by atoms with Gasteiger partial charge in [0.15, 0.2) is 0 Å². The minimum absolute atomic E-state index is 0.0469. The van der Waals surface area contributed by atoms with Crippen LogP contribution in [0.4, 0.5) is 0 Å². The van der Waals surface area contributed by atoms with Gasteiger partial charge in [-0.1, -0.05) is 51.2 Å². The zero-order valence-electron chi connectivity index (χ0n) is 15.4. The Labute approximate surface area is 153 Å². The van der Waals surface area contributed by atoms with Gasteiger partial charge in [-0.2, -0.15) is 0 Å². The normalized spacial score (nSPS) is 9.65. The lowest BCUT2D eigenvalue weighted by Gasteiger charge is -2.02. The molecule has 0 fully saturated rings. The van der Waals surface area contributed by atoms with E-state index in [4.69, 9.17) is 14.9 Å². The van der Waals surface area contributed by atoms with Crippen LogP contribution in [0.1, 0.15) is 66.2 Å². The van der Waals surface area contributed by atoms with E-state index in [2.05, 4.69) is 11.7 Å². The fourth-order valence-electron chi connectivity index (χ4n) is 2.07. The number of carboxylic acids is 1. The summed E-state index contributed by atoms with van der Waals surface area (Å²) in [4.78, 5) is 32.2. The molecule has 0 aliphatic carbocycles. The Morgan fingerprint density at radius 1 is 0.962 bits per heavy atom. The molecular formula is C19H28O7. The van der Waals surface area contributed by atoms with E-state index in [9.17, 15) is 14.4 Å². The standard InChI is InChI=1S/C10H20O3.C9H8O4/c1-2-3-4-5-6-7-8-13-10(12)9-11;1-13-9(12)7-5-3-2-4-6(7)8(10)11/h11H,2-9H2,1H3;2-5H,1H3,(H,10,11). The van der Waals surface area contributed by atoms with Crippen LogP contribution in [0.5, 0.6) is 0 Å². The smallest absolute Gasteiger partial charge is 0.338 e. The first-order valence-electron chi connectivity index (χ1n) is 8.65. The van der Waals surface area contributed by atoms with E-state index in [1.54, 1.807) is 12.1 Å². The molecular weight excluding hydrogens is 340 g/mol. The Morgan fingerprint density at radius 2 is 1.54 bits per heavy atom. The van der Waals surface area contributed by atoms with Crippen LogP contribution >= 0.6 is 0 Å². The molecule has 2 N–H and O–H groups in total. The molecule has 0 saturated carbocycles. The van der Waals surface area contributed by atoms with Crippen molar-refractivity contribution in [1.29, 1.82) is 0 Å². The molecule has 0 amide bonds. The second kappa shape index (κ2) is 14.9. The van der Waals surface area contributed by atoms with Crippen molar-refractivity contribution in [1.82, 2.24) is 0 Å². The van der Waals surface area contributed by atoms with Crippen molar-refractivity contribution in [3.63, 3.8) is 0 Å². The van der Waals surface area contributed by atoms with Crippen molar-refractivity contribution in [2.24, 2.45) is 0 Å². The maximum atomic E-state index is 11.1. The summed E-state index contributed by atoms with van der Waals surface area (Å²) in [5.41, 5.74) is 0.0202. The molecule has 0 aromatic heterocycles. The number of aliphatic hydroxyl groups excluding tert-OH is 1. The molecule has 0 unspecified atom stereocenters. The fourth-order valence-corrected chi connectivity index (χ4v) is 2.07. The Bertz CT molecular complexity index is 555. The maximum absolute atomic E-state index is 11.1. The van der Waals surface area contributed by atoms with E-state index in [0.29, 0.717) is 6.61 Å². The van der Waals surface area contributed by atoms with Crippen LogP contribution in [-0.2, 0) is 14.3 Å². The van der Waals surface area contributed by atoms with E-state index < -0.39 is 24.5 Å². The van der Waals surface area contributed by atoms with Crippen molar-refractivity contribution < 1.29 is 34.1 Å². The number of ether oxygens (including phenoxy) is 2. The number of rotatable bonds is 10. The average Bonchev–Trinajstić information content (AvgIpc) is 2.66. The lowest BCUT2D eigenvalue weighted by atomic mass is 10.1. The fraction of sp³-hybridized carbons (Fsp3) is 0.526. The zero-order valence-corrected chi connectivity index (χ0v) is 15.4. The number of carboxylic acid groups (broad SMARTS) is 1. The first-order valence-corrected chi connectivity index (χ1v) is 8.65. The van der Waals surface area contributed by atoms with Crippen molar-refractivity contribution in [3.8, 4) is 0 Å². The summed E-state index contributed by atoms with van der Waals surface area (Å²) in [5, 5.41) is 17.0. The van der Waals surface area contributed by atoms with Gasteiger partial charge in [0.1, 0.15) is 6.61 Å². The predicted molar refractivity (Wildman–Crippen MR) is 96.2 cm³/mol. The number of hydrogen-bond acceptors (Lipinski definition) is 6. The highest BCUT2D eigenvalue weighted by Gasteiger charge is 2.15. The van der Waals surface area contributed by atoms with Gasteiger partial charge < -0.3 is 19.7 Å². The molecule has 7 nitrogen and oxygen atoms in total. The van der Waals surface area contributed by atoms with Crippen LogP contribution in [-0.4, -0.2) is 48.4 Å². The number of hydrogen-bond donors (Lipinski definition) is 2. The van der Waals surface area contributed by atoms with Gasteiger partial charge in [-0.05, 0) is 18.6 Å². The summed E-state index contributed by atoms with van der Waals surface area (Å²) >= 11 is 0. The van der Waals surface area contributed by atoms with Gasteiger partial charge in [-0.15, -0.1) is 0 Å². The molecule has 1 aromatic rings. The van der Waals surface area contributed by atoms with Gasteiger partial charge in [-0.25, -0.2) is 14.4 Å². The van der Waals surface area contributed by atoms with E-state index >= 15 is 0 Å². The van der Waals surface area contributed by atoms with Crippen molar-refractivity contribution >= 4 is 17.9 Å². The summed E-state index contributed by atoms with van der Waals surface area (Å²) in [5.74, 6) is -2.30. The SMILES string of the molecule is CCCCCCCCOC(=O)CO.COC(=O)c1ccccc1C(=O)O. The van der Waals surface area contributed by atoms with Gasteiger partial charge in [0, 0.05) is 0 Å². The number of methoxy groups -OCH3 is 1. The molecule has 1 aromatic carbocycles. The highest BCUT2D eigenvalue weighted by molar-refractivity contribution is 6.02. The summed E-state index contributed by atoms with van der Waals surface area (Å²) in [6.45, 7) is 2.13. The predicted octanol–water partition coefficient (Wildman–Crippen LogP) is 3.05. The van der Waals surface area contributed by atoms with Gasteiger partial charge in [0.2, 0.25) is 0 Å². The summed E-state index contributed by atoms with van der Waals surface area (Å²) in [6.07, 6.45) is 7.04. The van der Waals surface area contributed by atoms with Gasteiger partial charge >= 0.3 is 17.9 Å². The van der Waals surface area contributed by atoms with Crippen molar-refractivity contribution in [2.75, 3.05) is 20.3 Å². The molecule has 0 heterocycles. The van der Waals surface area contributed by atoms with Crippen LogP contribution in [0, 0.1) is 0 Å². The average molecular weight is 368 g/mol. The number of carbonyl (C=O) groups excluding carboxylic acids is 2. The number of aromatic carboxylic acids is 1. The monoisotopic (exact) mass is 368 g/mol. The number of carbonyl (C=O) groups is 3. The minimum Gasteiger partial charge on any atom is -0.478 e. The Morgan fingerprint density at radius 3 is 2.08 bits per heavy atom. The number of unbranched alkanes of at least 4 members (excludes halogenated alkanes) is 5. The van der Waals surface area contributed by atoms with E-state index in [1.165, 1.54) is 44.9 Å². The van der Waals surface area contributed by atoms with Gasteiger partial charge in [0.05, 0.1) is 24.8 Å². The highest BCUT2D eigenvalue weighted by Crippen LogP contribution is 2.09. The largest absolute Gasteiger partial charge is 0.478 e. The maximum Gasteiger partial charge on any atom is 0.338 e. The number of esters is 2. The molecule has 1 rings (SSSR count). The van der Waals surface area contributed by atoms with Crippen LogP contribution in [0.25, 0.3) is 0 Å². The zero-order chi connectivity index (χ0) is 19.8. The molecule has 26 heavy (non-hydrogen) atoms. The van der Waals surface area contributed by atoms with Gasteiger partial charge in [0.25, 0.3) is 0 Å². The molecule has 0 aliphatic heterocycles. The molecule has 0 aliphatic rings. The summed E-state index contributed by atoms with van der Waals surface area (Å²) in [6, 6.07) is 5.90. The van der Waals surface area contributed by atoms with Crippen LogP contribution in [0.2, 0.25) is 0 Å². The number of benzene rings is 1. The first kappa shape index (κ1) is 23.6. The minimum atomic E-state index is -1.14. The first-order chi connectivity index (χ1) is 12.5. The second-order valence-electron chi connectivity index (χ2n) is 5.49. The molecule has 0 radical (unpaired) electrons. The van der Waals surface area contributed by atoms with Crippen molar-refractivity contribution in [2.45, 2.75) is 45.4 Å². The lowest BCUT2D eigenvalue weighted by Crippen LogP contribution is -2.09. The third kappa shape index (κ3) is 10.5. The topological polar surface area (TPSA) is 110 Å². The third-order valence-electron chi connectivity index (χ3n) is 3.45. The van der Waals surface area contributed by atoms with Crippen LogP contribution in [0.3, 0.4) is 0 Å². The second-order valence-corrected chi connectivity index (χ2v) is 5.49. The summed E-state index contributed by atoms with van der Waals surface area (Å²) < 4.78 is 9.13. The van der Waals surface area contributed by atoms with Crippen LogP contribution < -0.4 is 0 Å². The van der Waals surface area contributed by atoms with Gasteiger partial charge in [-0.3, -0.25) is 0 Å². The molecule has 146 valence electrons. The van der Waals surface area contributed by atoms with E-state index in [0.717, 1.165) is 12.8 Å². The number of aliphatic hydroxyl groups is 1. The van der Waals surface area contributed by atoms with E-state index in [1.807, 2.05) is 0 Å². The molecule has 0 atom stereocenters. The molecule has 0 bridgehead atoms. The van der Waals surface area contributed by atoms with E-state index in [-0.39, 0.29) is 11.1 Å². The molecule has 0 spiro atoms. The molecule has 0 saturated heterocycles. The third-order valence-corrected chi connectivity index (χ3v) is 3.45. The highest BCUT2D eigenvalue weighted by atomic mass is 16.5. The van der Waals surface area contributed by atoms with Crippen molar-refractivity contribution in [3.05, 3.63) is 35.4 Å². The molecule has 7 heteroatoms. The Balaban J connectivity index is 0.000000481. The lowest BCUT2D eigenvalue weighted by molar-refractivity contribution is -0.147. The Kier molecular flexibility index (Phi) is 13.5. The quantitative estimate of drug-likeness (QED) is 0.482. The van der Waals surface area contributed by atoms with Crippen LogP contribution in [0.15, 0.2) is 24.3 Å². The Hall–Kier alpha value is -2.41.